The zero-order valence-corrected chi connectivity index (χ0v) is 16.5. The molecule has 0 radical (unpaired) electrons. The van der Waals surface area contributed by atoms with Crippen LogP contribution in [-0.4, -0.2) is 18.5 Å². The Bertz CT molecular complexity index is 961. The molecule has 0 saturated heterocycles. The molecule has 3 aromatic carbocycles. The second-order valence-electron chi connectivity index (χ2n) is 6.69. The summed E-state index contributed by atoms with van der Waals surface area (Å²) in [4.78, 5) is 24.2. The van der Waals surface area contributed by atoms with Gasteiger partial charge in [-0.05, 0) is 54.8 Å². The smallest absolute Gasteiger partial charge is 0.344 e. The van der Waals surface area contributed by atoms with Crippen molar-refractivity contribution in [2.75, 3.05) is 11.9 Å². The standard InChI is InChI=1S/C24H23NO4/c1-17-7-6-8-18(2)23(17)29-16-22(26)28-15-19-11-13-20(14-12-19)24(27)25-21-9-4-3-5-10-21/h3-14H,15-16H2,1-2H3,(H,25,27). The van der Waals surface area contributed by atoms with Gasteiger partial charge in [0.25, 0.3) is 5.91 Å². The molecular formula is C24H23NO4. The van der Waals surface area contributed by atoms with Gasteiger partial charge in [-0.3, -0.25) is 4.79 Å². The van der Waals surface area contributed by atoms with Crippen molar-refractivity contribution < 1.29 is 19.1 Å². The summed E-state index contributed by atoms with van der Waals surface area (Å²) in [5, 5.41) is 2.83. The highest BCUT2D eigenvalue weighted by Crippen LogP contribution is 2.22. The van der Waals surface area contributed by atoms with Gasteiger partial charge in [0.2, 0.25) is 0 Å². The van der Waals surface area contributed by atoms with Crippen LogP contribution in [0.5, 0.6) is 5.75 Å². The molecule has 5 nitrogen and oxygen atoms in total. The first kappa shape index (κ1) is 20.1. The Kier molecular flexibility index (Phi) is 6.63. The van der Waals surface area contributed by atoms with Crippen LogP contribution in [0.3, 0.4) is 0 Å². The summed E-state index contributed by atoms with van der Waals surface area (Å²) in [7, 11) is 0. The van der Waals surface area contributed by atoms with Gasteiger partial charge >= 0.3 is 5.97 Å². The number of benzene rings is 3. The molecule has 0 bridgehead atoms. The van der Waals surface area contributed by atoms with Gasteiger partial charge in [0, 0.05) is 11.3 Å². The number of ether oxygens (including phenoxy) is 2. The monoisotopic (exact) mass is 389 g/mol. The molecule has 0 fully saturated rings. The Balaban J connectivity index is 1.48. The minimum Gasteiger partial charge on any atom is -0.481 e. The van der Waals surface area contributed by atoms with Crippen LogP contribution in [0, 0.1) is 13.8 Å². The Morgan fingerprint density at radius 1 is 0.828 bits per heavy atom. The lowest BCUT2D eigenvalue weighted by molar-refractivity contribution is -0.147. The number of esters is 1. The van der Waals surface area contributed by atoms with E-state index in [1.54, 1.807) is 24.3 Å². The molecule has 0 aliphatic rings. The van der Waals surface area contributed by atoms with Gasteiger partial charge < -0.3 is 14.8 Å². The van der Waals surface area contributed by atoms with E-state index in [0.717, 1.165) is 22.4 Å². The summed E-state index contributed by atoms with van der Waals surface area (Å²) >= 11 is 0. The number of hydrogen-bond donors (Lipinski definition) is 1. The van der Waals surface area contributed by atoms with E-state index in [1.807, 2.05) is 62.4 Å². The first-order chi connectivity index (χ1) is 14.0. The summed E-state index contributed by atoms with van der Waals surface area (Å²) in [6.45, 7) is 3.84. The number of amides is 1. The Morgan fingerprint density at radius 2 is 1.48 bits per heavy atom. The number of carbonyl (C=O) groups is 2. The van der Waals surface area contributed by atoms with Crippen LogP contribution in [0.25, 0.3) is 0 Å². The molecule has 3 rings (SSSR count). The molecule has 5 heteroatoms. The second-order valence-corrected chi connectivity index (χ2v) is 6.69. The van der Waals surface area contributed by atoms with Crippen LogP contribution in [0.1, 0.15) is 27.0 Å². The molecule has 29 heavy (non-hydrogen) atoms. The SMILES string of the molecule is Cc1cccc(C)c1OCC(=O)OCc1ccc(C(=O)Nc2ccccc2)cc1. The lowest BCUT2D eigenvalue weighted by Gasteiger charge is -2.11. The molecule has 0 heterocycles. The Labute approximate surface area is 170 Å². The van der Waals surface area contributed by atoms with Crippen LogP contribution in [-0.2, 0) is 16.1 Å². The van der Waals surface area contributed by atoms with Crippen LogP contribution in [0.15, 0.2) is 72.8 Å². The van der Waals surface area contributed by atoms with E-state index in [0.29, 0.717) is 11.3 Å². The normalized spacial score (nSPS) is 10.3. The van der Waals surface area contributed by atoms with Crippen LogP contribution in [0.4, 0.5) is 5.69 Å². The molecule has 0 aliphatic carbocycles. The molecule has 0 atom stereocenters. The van der Waals surface area contributed by atoms with E-state index in [2.05, 4.69) is 5.32 Å². The van der Waals surface area contributed by atoms with Gasteiger partial charge in [0.15, 0.2) is 6.61 Å². The lowest BCUT2D eigenvalue weighted by atomic mass is 10.1. The maximum Gasteiger partial charge on any atom is 0.344 e. The van der Waals surface area contributed by atoms with Crippen molar-refractivity contribution in [1.82, 2.24) is 0 Å². The van der Waals surface area contributed by atoms with Gasteiger partial charge in [-0.2, -0.15) is 0 Å². The zero-order valence-electron chi connectivity index (χ0n) is 16.5. The number of rotatable bonds is 7. The van der Waals surface area contributed by atoms with Gasteiger partial charge in [0.1, 0.15) is 12.4 Å². The predicted octanol–water partition coefficient (Wildman–Crippen LogP) is 4.68. The van der Waals surface area contributed by atoms with E-state index in [9.17, 15) is 9.59 Å². The quantitative estimate of drug-likeness (QED) is 0.596. The van der Waals surface area contributed by atoms with Gasteiger partial charge in [-0.25, -0.2) is 4.79 Å². The average Bonchev–Trinajstić information content (AvgIpc) is 2.73. The molecular weight excluding hydrogens is 366 g/mol. The summed E-state index contributed by atoms with van der Waals surface area (Å²) in [5.74, 6) is 0.0681. The third-order valence-corrected chi connectivity index (χ3v) is 4.39. The predicted molar refractivity (Wildman–Crippen MR) is 112 cm³/mol. The molecule has 0 spiro atoms. The van der Waals surface area contributed by atoms with E-state index in [4.69, 9.17) is 9.47 Å². The minimum absolute atomic E-state index is 0.121. The zero-order chi connectivity index (χ0) is 20.6. The van der Waals surface area contributed by atoms with E-state index >= 15 is 0 Å². The fourth-order valence-corrected chi connectivity index (χ4v) is 2.84. The summed E-state index contributed by atoms with van der Waals surface area (Å²) < 4.78 is 10.9. The molecule has 0 aliphatic heterocycles. The summed E-state index contributed by atoms with van der Waals surface area (Å²) in [5.41, 5.74) is 4.01. The maximum atomic E-state index is 12.3. The largest absolute Gasteiger partial charge is 0.481 e. The van der Waals surface area contributed by atoms with Crippen molar-refractivity contribution in [3.8, 4) is 5.75 Å². The van der Waals surface area contributed by atoms with E-state index < -0.39 is 5.97 Å². The molecule has 0 aromatic heterocycles. The molecule has 0 saturated carbocycles. The highest BCUT2D eigenvalue weighted by molar-refractivity contribution is 6.04. The maximum absolute atomic E-state index is 12.3. The van der Waals surface area contributed by atoms with Crippen molar-refractivity contribution in [3.63, 3.8) is 0 Å². The topological polar surface area (TPSA) is 64.6 Å². The minimum atomic E-state index is -0.446. The van der Waals surface area contributed by atoms with Gasteiger partial charge in [-0.1, -0.05) is 48.5 Å². The first-order valence-electron chi connectivity index (χ1n) is 9.33. The van der Waals surface area contributed by atoms with Crippen LogP contribution in [0.2, 0.25) is 0 Å². The van der Waals surface area contributed by atoms with Crippen molar-refractivity contribution >= 4 is 17.6 Å². The molecule has 1 amide bonds. The molecule has 148 valence electrons. The lowest BCUT2D eigenvalue weighted by Crippen LogP contribution is -2.16. The van der Waals surface area contributed by atoms with Gasteiger partial charge in [-0.15, -0.1) is 0 Å². The number of nitrogens with one attached hydrogen (secondary N) is 1. The number of para-hydroxylation sites is 2. The number of aryl methyl sites for hydroxylation is 2. The second kappa shape index (κ2) is 9.55. The third kappa shape index (κ3) is 5.69. The number of anilines is 1. The van der Waals surface area contributed by atoms with Crippen molar-refractivity contribution in [2.45, 2.75) is 20.5 Å². The van der Waals surface area contributed by atoms with Crippen LogP contribution < -0.4 is 10.1 Å². The Hall–Kier alpha value is -3.60. The number of carbonyl (C=O) groups excluding carboxylic acids is 2. The van der Waals surface area contributed by atoms with Crippen molar-refractivity contribution in [1.29, 1.82) is 0 Å². The summed E-state index contributed by atoms with van der Waals surface area (Å²) in [6.07, 6.45) is 0. The van der Waals surface area contributed by atoms with Gasteiger partial charge in [0.05, 0.1) is 0 Å². The van der Waals surface area contributed by atoms with E-state index in [1.165, 1.54) is 0 Å². The van der Waals surface area contributed by atoms with Crippen molar-refractivity contribution in [3.05, 3.63) is 95.1 Å². The van der Waals surface area contributed by atoms with Crippen LogP contribution >= 0.6 is 0 Å². The Morgan fingerprint density at radius 3 is 2.14 bits per heavy atom. The summed E-state index contributed by atoms with van der Waals surface area (Å²) in [6, 6.07) is 22.0. The molecule has 1 N–H and O–H groups in total. The van der Waals surface area contributed by atoms with E-state index in [-0.39, 0.29) is 19.1 Å². The fourth-order valence-electron chi connectivity index (χ4n) is 2.84. The first-order valence-corrected chi connectivity index (χ1v) is 9.33. The highest BCUT2D eigenvalue weighted by Gasteiger charge is 2.10. The average molecular weight is 389 g/mol. The molecule has 0 unspecified atom stereocenters. The van der Waals surface area contributed by atoms with Crippen molar-refractivity contribution in [2.24, 2.45) is 0 Å². The number of hydrogen-bond acceptors (Lipinski definition) is 4. The third-order valence-electron chi connectivity index (χ3n) is 4.39. The fraction of sp³-hybridized carbons (Fsp3) is 0.167. The molecule has 3 aromatic rings. The highest BCUT2D eigenvalue weighted by atomic mass is 16.6.